The molecule has 84 valence electrons. The molecule has 0 saturated carbocycles. The summed E-state index contributed by atoms with van der Waals surface area (Å²) in [5, 5.41) is 9.05. The van der Waals surface area contributed by atoms with Gasteiger partial charge in [0, 0.05) is 17.5 Å². The number of H-pyrrole nitrogens is 1. The molecule has 5 nitrogen and oxygen atoms in total. The lowest BCUT2D eigenvalue weighted by Crippen LogP contribution is -2.18. The van der Waals surface area contributed by atoms with Crippen molar-refractivity contribution in [1.29, 1.82) is 0 Å². The number of nitrogens with one attached hydrogen (secondary N) is 1. The van der Waals surface area contributed by atoms with Crippen molar-refractivity contribution in [2.24, 2.45) is 0 Å². The van der Waals surface area contributed by atoms with Gasteiger partial charge < -0.3 is 5.11 Å². The number of carbonyl (C=O) groups is 1. The Morgan fingerprint density at radius 3 is 2.88 bits per heavy atom. The van der Waals surface area contributed by atoms with Crippen molar-refractivity contribution < 1.29 is 9.90 Å². The second-order valence-corrected chi connectivity index (χ2v) is 3.88. The molecule has 5 heteroatoms. The molecule has 0 aliphatic heterocycles. The molecule has 1 aliphatic carbocycles. The number of hydrogen-bond acceptors (Lipinski definition) is 3. The minimum absolute atomic E-state index is 0.0591. The Morgan fingerprint density at radius 1 is 1.35 bits per heavy atom. The fourth-order valence-corrected chi connectivity index (χ4v) is 2.17. The van der Waals surface area contributed by atoms with E-state index in [0.29, 0.717) is 17.7 Å². The van der Waals surface area contributed by atoms with Gasteiger partial charge in [0.1, 0.15) is 5.69 Å². The smallest absolute Gasteiger partial charge is 0.352 e. The van der Waals surface area contributed by atoms with Crippen molar-refractivity contribution in [2.45, 2.75) is 6.42 Å². The fourth-order valence-electron chi connectivity index (χ4n) is 2.17. The molecular formula is C12H8N2O3. The van der Waals surface area contributed by atoms with Crippen LogP contribution >= 0.6 is 0 Å². The third-order valence-electron chi connectivity index (χ3n) is 2.89. The standard InChI is InChI=1S/C12H8N2O3/c15-11(16)10-8-5-6-3-1-2-4-7(6)9(8)13-12(17)14-10/h1-4H,5H2,(H,15,16)(H,13,14,17). The molecule has 0 spiro atoms. The number of rotatable bonds is 1. The van der Waals surface area contributed by atoms with Gasteiger partial charge in [-0.3, -0.25) is 4.98 Å². The van der Waals surface area contributed by atoms with Crippen LogP contribution in [0.15, 0.2) is 29.1 Å². The van der Waals surface area contributed by atoms with E-state index >= 15 is 0 Å². The van der Waals surface area contributed by atoms with Crippen molar-refractivity contribution in [3.05, 3.63) is 51.6 Å². The Kier molecular flexibility index (Phi) is 1.89. The Labute approximate surface area is 95.8 Å². The number of hydrogen-bond donors (Lipinski definition) is 2. The van der Waals surface area contributed by atoms with Gasteiger partial charge in [-0.25, -0.2) is 9.59 Å². The lowest BCUT2D eigenvalue weighted by atomic mass is 10.1. The van der Waals surface area contributed by atoms with E-state index in [1.165, 1.54) is 0 Å². The van der Waals surface area contributed by atoms with Crippen molar-refractivity contribution >= 4 is 5.97 Å². The normalized spacial score (nSPS) is 12.0. The number of aromatic amines is 1. The number of carboxylic acids is 1. The Morgan fingerprint density at radius 2 is 2.12 bits per heavy atom. The van der Waals surface area contributed by atoms with E-state index in [4.69, 9.17) is 5.11 Å². The fraction of sp³-hybridized carbons (Fsp3) is 0.0833. The van der Waals surface area contributed by atoms with Crippen LogP contribution in [0.4, 0.5) is 0 Å². The summed E-state index contributed by atoms with van der Waals surface area (Å²) < 4.78 is 0. The van der Waals surface area contributed by atoms with Crippen LogP contribution in [0, 0.1) is 0 Å². The maximum absolute atomic E-state index is 11.3. The first kappa shape index (κ1) is 9.77. The van der Waals surface area contributed by atoms with E-state index in [1.54, 1.807) is 0 Å². The largest absolute Gasteiger partial charge is 0.477 e. The quantitative estimate of drug-likeness (QED) is 0.651. The molecule has 1 heterocycles. The molecule has 2 aromatic rings. The summed E-state index contributed by atoms with van der Waals surface area (Å²) in [5.74, 6) is -1.13. The summed E-state index contributed by atoms with van der Waals surface area (Å²) in [6.07, 6.45) is 0.497. The van der Waals surface area contributed by atoms with Crippen LogP contribution in [0.1, 0.15) is 21.6 Å². The topological polar surface area (TPSA) is 83.0 Å². The highest BCUT2D eigenvalue weighted by Crippen LogP contribution is 2.34. The predicted molar refractivity (Wildman–Crippen MR) is 60.1 cm³/mol. The Balaban J connectivity index is 2.35. The minimum Gasteiger partial charge on any atom is -0.477 e. The monoisotopic (exact) mass is 228 g/mol. The number of fused-ring (bicyclic) bond motifs is 3. The van der Waals surface area contributed by atoms with E-state index < -0.39 is 11.7 Å². The maximum atomic E-state index is 11.3. The lowest BCUT2D eigenvalue weighted by molar-refractivity contribution is 0.0689. The van der Waals surface area contributed by atoms with Gasteiger partial charge >= 0.3 is 11.7 Å². The summed E-state index contributed by atoms with van der Waals surface area (Å²) in [5.41, 5.74) is 2.22. The SMILES string of the molecule is O=C(O)c1[nH]c(=O)nc2c1Cc1ccccc1-2. The molecular weight excluding hydrogens is 220 g/mol. The molecule has 3 rings (SSSR count). The zero-order valence-electron chi connectivity index (χ0n) is 8.73. The minimum atomic E-state index is -1.13. The third-order valence-corrected chi connectivity index (χ3v) is 2.89. The molecule has 0 fully saturated rings. The highest BCUT2D eigenvalue weighted by atomic mass is 16.4. The first-order valence-corrected chi connectivity index (χ1v) is 5.11. The van der Waals surface area contributed by atoms with Gasteiger partial charge in [-0.2, -0.15) is 4.98 Å². The molecule has 1 aliphatic rings. The molecule has 0 bridgehead atoms. The van der Waals surface area contributed by atoms with Crippen LogP contribution in [-0.4, -0.2) is 21.0 Å². The van der Waals surface area contributed by atoms with E-state index in [-0.39, 0.29) is 5.69 Å². The molecule has 17 heavy (non-hydrogen) atoms. The van der Waals surface area contributed by atoms with Crippen LogP contribution in [0.5, 0.6) is 0 Å². The summed E-state index contributed by atoms with van der Waals surface area (Å²) in [4.78, 5) is 28.5. The second kappa shape index (κ2) is 3.28. The average molecular weight is 228 g/mol. The van der Waals surface area contributed by atoms with E-state index in [1.807, 2.05) is 24.3 Å². The zero-order valence-corrected chi connectivity index (χ0v) is 8.73. The molecule has 0 radical (unpaired) electrons. The van der Waals surface area contributed by atoms with Crippen LogP contribution in [0.25, 0.3) is 11.3 Å². The first-order chi connectivity index (χ1) is 8.16. The van der Waals surface area contributed by atoms with Gasteiger partial charge in [0.25, 0.3) is 0 Å². The second-order valence-electron chi connectivity index (χ2n) is 3.88. The van der Waals surface area contributed by atoms with Gasteiger partial charge in [0.15, 0.2) is 0 Å². The highest BCUT2D eigenvalue weighted by Gasteiger charge is 2.25. The molecule has 0 unspecified atom stereocenters. The van der Waals surface area contributed by atoms with Crippen LogP contribution in [-0.2, 0) is 6.42 Å². The van der Waals surface area contributed by atoms with Gasteiger partial charge in [0.2, 0.25) is 0 Å². The van der Waals surface area contributed by atoms with Gasteiger partial charge in [-0.05, 0) is 5.56 Å². The van der Waals surface area contributed by atoms with Crippen LogP contribution in [0.2, 0.25) is 0 Å². The predicted octanol–water partition coefficient (Wildman–Crippen LogP) is 1.04. The maximum Gasteiger partial charge on any atom is 0.352 e. The summed E-state index contributed by atoms with van der Waals surface area (Å²) in [6, 6.07) is 7.48. The molecule has 1 aromatic carbocycles. The number of aromatic carboxylic acids is 1. The van der Waals surface area contributed by atoms with Gasteiger partial charge in [0.05, 0.1) is 5.69 Å². The zero-order chi connectivity index (χ0) is 12.0. The van der Waals surface area contributed by atoms with Crippen molar-refractivity contribution in [3.63, 3.8) is 0 Å². The number of carboxylic acid groups (broad SMARTS) is 1. The van der Waals surface area contributed by atoms with Crippen LogP contribution < -0.4 is 5.69 Å². The Bertz CT molecular complexity index is 688. The van der Waals surface area contributed by atoms with E-state index in [9.17, 15) is 9.59 Å². The Hall–Kier alpha value is -2.43. The molecule has 0 saturated heterocycles. The molecule has 0 atom stereocenters. The van der Waals surface area contributed by atoms with E-state index in [0.717, 1.165) is 11.1 Å². The molecule has 2 N–H and O–H groups in total. The average Bonchev–Trinajstić information content (AvgIpc) is 2.66. The molecule has 1 aromatic heterocycles. The van der Waals surface area contributed by atoms with E-state index in [2.05, 4.69) is 9.97 Å². The van der Waals surface area contributed by atoms with Crippen molar-refractivity contribution in [1.82, 2.24) is 9.97 Å². The lowest BCUT2D eigenvalue weighted by Gasteiger charge is -2.01. The number of benzene rings is 1. The van der Waals surface area contributed by atoms with Crippen LogP contribution in [0.3, 0.4) is 0 Å². The third kappa shape index (κ3) is 1.36. The summed E-state index contributed by atoms with van der Waals surface area (Å²) in [7, 11) is 0. The summed E-state index contributed by atoms with van der Waals surface area (Å²) >= 11 is 0. The number of aromatic nitrogens is 2. The van der Waals surface area contributed by atoms with Gasteiger partial charge in [-0.1, -0.05) is 24.3 Å². The van der Waals surface area contributed by atoms with Gasteiger partial charge in [-0.15, -0.1) is 0 Å². The first-order valence-electron chi connectivity index (χ1n) is 5.11. The van der Waals surface area contributed by atoms with Crippen molar-refractivity contribution in [3.8, 4) is 11.3 Å². The van der Waals surface area contributed by atoms with Crippen molar-refractivity contribution in [2.75, 3.05) is 0 Å². The highest BCUT2D eigenvalue weighted by molar-refractivity contribution is 5.91. The summed E-state index contributed by atoms with van der Waals surface area (Å²) in [6.45, 7) is 0. The number of nitrogens with zero attached hydrogens (tertiary/aromatic N) is 1. The molecule has 0 amide bonds.